The van der Waals surface area contributed by atoms with E-state index in [1.54, 1.807) is 11.3 Å². The molecule has 0 saturated carbocycles. The SMILES string of the molecule is Cc1cncn1-c1ccc(-c2nc3ccccc3s2)cc1. The van der Waals surface area contributed by atoms with E-state index in [1.807, 2.05) is 18.6 Å². The van der Waals surface area contributed by atoms with Gasteiger partial charge in [-0.15, -0.1) is 11.3 Å². The summed E-state index contributed by atoms with van der Waals surface area (Å²) in [5.74, 6) is 0. The van der Waals surface area contributed by atoms with Crippen molar-refractivity contribution in [3.63, 3.8) is 0 Å². The van der Waals surface area contributed by atoms with Gasteiger partial charge in [0.25, 0.3) is 0 Å². The molecule has 0 atom stereocenters. The highest BCUT2D eigenvalue weighted by atomic mass is 32.1. The molecule has 0 saturated heterocycles. The second kappa shape index (κ2) is 4.82. The van der Waals surface area contributed by atoms with Gasteiger partial charge in [-0.25, -0.2) is 9.97 Å². The molecule has 0 spiro atoms. The number of fused-ring (bicyclic) bond motifs is 1. The van der Waals surface area contributed by atoms with Crippen LogP contribution in [0.15, 0.2) is 61.1 Å². The number of aryl methyl sites for hydroxylation is 1. The number of aromatic nitrogens is 3. The summed E-state index contributed by atoms with van der Waals surface area (Å²) in [7, 11) is 0. The zero-order valence-electron chi connectivity index (χ0n) is 11.5. The number of thiazole rings is 1. The fraction of sp³-hybridized carbons (Fsp3) is 0.0588. The highest BCUT2D eigenvalue weighted by molar-refractivity contribution is 7.21. The summed E-state index contributed by atoms with van der Waals surface area (Å²) in [6.07, 6.45) is 3.70. The van der Waals surface area contributed by atoms with E-state index in [-0.39, 0.29) is 0 Å². The van der Waals surface area contributed by atoms with Crippen LogP contribution in [-0.4, -0.2) is 14.5 Å². The van der Waals surface area contributed by atoms with Crippen molar-refractivity contribution in [3.05, 3.63) is 66.7 Å². The molecule has 0 unspecified atom stereocenters. The maximum absolute atomic E-state index is 4.69. The van der Waals surface area contributed by atoms with Crippen molar-refractivity contribution >= 4 is 21.6 Å². The standard InChI is InChI=1S/C17H13N3S/c1-12-10-18-11-20(12)14-8-6-13(7-9-14)17-19-15-4-2-3-5-16(15)21-17/h2-11H,1H3. The second-order valence-corrected chi connectivity index (χ2v) is 5.97. The molecule has 0 amide bonds. The summed E-state index contributed by atoms with van der Waals surface area (Å²) in [5.41, 5.74) is 4.46. The normalized spacial score (nSPS) is 11.1. The summed E-state index contributed by atoms with van der Waals surface area (Å²) < 4.78 is 3.30. The molecular weight excluding hydrogens is 278 g/mol. The lowest BCUT2D eigenvalue weighted by atomic mass is 10.2. The molecule has 4 heteroatoms. The third kappa shape index (κ3) is 2.14. The maximum atomic E-state index is 4.69. The minimum Gasteiger partial charge on any atom is -0.304 e. The fourth-order valence-electron chi connectivity index (χ4n) is 2.39. The van der Waals surface area contributed by atoms with Crippen LogP contribution in [-0.2, 0) is 0 Å². The van der Waals surface area contributed by atoms with Gasteiger partial charge in [0, 0.05) is 23.1 Å². The molecule has 0 aliphatic rings. The van der Waals surface area contributed by atoms with Crippen molar-refractivity contribution < 1.29 is 0 Å². The zero-order chi connectivity index (χ0) is 14.2. The first-order valence-corrected chi connectivity index (χ1v) is 7.58. The Hall–Kier alpha value is -2.46. The predicted molar refractivity (Wildman–Crippen MR) is 86.9 cm³/mol. The van der Waals surface area contributed by atoms with Crippen LogP contribution in [0.3, 0.4) is 0 Å². The van der Waals surface area contributed by atoms with Gasteiger partial charge in [-0.1, -0.05) is 12.1 Å². The van der Waals surface area contributed by atoms with Gasteiger partial charge in [-0.05, 0) is 43.3 Å². The van der Waals surface area contributed by atoms with Crippen LogP contribution >= 0.6 is 11.3 Å². The smallest absolute Gasteiger partial charge is 0.124 e. The minimum atomic E-state index is 1.06. The van der Waals surface area contributed by atoms with Gasteiger partial charge in [0.05, 0.1) is 16.5 Å². The number of hydrogen-bond donors (Lipinski definition) is 0. The Morgan fingerprint density at radius 1 is 1.00 bits per heavy atom. The molecule has 2 aromatic carbocycles. The summed E-state index contributed by atoms with van der Waals surface area (Å²) in [6.45, 7) is 2.05. The molecule has 21 heavy (non-hydrogen) atoms. The Kier molecular flexibility index (Phi) is 2.82. The molecular formula is C17H13N3S. The first-order chi connectivity index (χ1) is 10.3. The predicted octanol–water partition coefficient (Wildman–Crippen LogP) is 4.46. The van der Waals surface area contributed by atoms with Crippen LogP contribution in [0, 0.1) is 6.92 Å². The van der Waals surface area contributed by atoms with E-state index in [0.717, 1.165) is 27.5 Å². The molecule has 3 nitrogen and oxygen atoms in total. The Bertz CT molecular complexity index is 870. The van der Waals surface area contributed by atoms with Crippen molar-refractivity contribution in [2.75, 3.05) is 0 Å². The Labute approximate surface area is 126 Å². The Morgan fingerprint density at radius 2 is 1.81 bits per heavy atom. The number of nitrogens with zero attached hydrogens (tertiary/aromatic N) is 3. The van der Waals surface area contributed by atoms with Crippen LogP contribution in [0.5, 0.6) is 0 Å². The van der Waals surface area contributed by atoms with Crippen LogP contribution in [0.1, 0.15) is 5.69 Å². The highest BCUT2D eigenvalue weighted by Gasteiger charge is 2.06. The lowest BCUT2D eigenvalue weighted by Crippen LogP contribution is -1.93. The van der Waals surface area contributed by atoms with Gasteiger partial charge in [-0.2, -0.15) is 0 Å². The molecule has 0 fully saturated rings. The van der Waals surface area contributed by atoms with Crippen molar-refractivity contribution in [2.24, 2.45) is 0 Å². The molecule has 0 aliphatic carbocycles. The van der Waals surface area contributed by atoms with Crippen LogP contribution in [0.4, 0.5) is 0 Å². The van der Waals surface area contributed by atoms with Gasteiger partial charge in [-0.3, -0.25) is 0 Å². The Morgan fingerprint density at radius 3 is 2.52 bits per heavy atom. The van der Waals surface area contributed by atoms with Crippen LogP contribution < -0.4 is 0 Å². The van der Waals surface area contributed by atoms with Gasteiger partial charge >= 0.3 is 0 Å². The largest absolute Gasteiger partial charge is 0.304 e. The summed E-state index contributed by atoms with van der Waals surface area (Å²) in [6, 6.07) is 16.7. The maximum Gasteiger partial charge on any atom is 0.124 e. The number of hydrogen-bond acceptors (Lipinski definition) is 3. The molecule has 4 rings (SSSR count). The van der Waals surface area contributed by atoms with Gasteiger partial charge in [0.1, 0.15) is 5.01 Å². The third-order valence-corrected chi connectivity index (χ3v) is 4.60. The van der Waals surface area contributed by atoms with E-state index >= 15 is 0 Å². The van der Waals surface area contributed by atoms with Gasteiger partial charge in [0.2, 0.25) is 0 Å². The van der Waals surface area contributed by atoms with Gasteiger partial charge in [0.15, 0.2) is 0 Å². The number of para-hydroxylation sites is 1. The zero-order valence-corrected chi connectivity index (χ0v) is 12.3. The van der Waals surface area contributed by atoms with Crippen molar-refractivity contribution in [1.82, 2.24) is 14.5 Å². The summed E-state index contributed by atoms with van der Waals surface area (Å²) in [5, 5.41) is 1.06. The molecule has 4 aromatic rings. The quantitative estimate of drug-likeness (QED) is 0.546. The molecule has 0 aliphatic heterocycles. The first kappa shape index (κ1) is 12.3. The molecule has 2 aromatic heterocycles. The lowest BCUT2D eigenvalue weighted by molar-refractivity contribution is 1.00. The fourth-order valence-corrected chi connectivity index (χ4v) is 3.36. The van der Waals surface area contributed by atoms with Crippen molar-refractivity contribution in [2.45, 2.75) is 6.92 Å². The monoisotopic (exact) mass is 291 g/mol. The number of imidazole rings is 1. The summed E-state index contributed by atoms with van der Waals surface area (Å²) in [4.78, 5) is 8.85. The topological polar surface area (TPSA) is 30.7 Å². The molecule has 0 radical (unpaired) electrons. The van der Waals surface area contributed by atoms with E-state index in [1.165, 1.54) is 4.70 Å². The molecule has 0 bridgehead atoms. The average Bonchev–Trinajstić information content (AvgIpc) is 3.13. The molecule has 0 N–H and O–H groups in total. The van der Waals surface area contributed by atoms with E-state index < -0.39 is 0 Å². The molecule has 102 valence electrons. The lowest BCUT2D eigenvalue weighted by Gasteiger charge is -2.05. The van der Waals surface area contributed by atoms with Gasteiger partial charge < -0.3 is 4.57 Å². The second-order valence-electron chi connectivity index (χ2n) is 4.94. The number of benzene rings is 2. The molecule has 2 heterocycles. The number of rotatable bonds is 2. The highest BCUT2D eigenvalue weighted by Crippen LogP contribution is 2.30. The van der Waals surface area contributed by atoms with Crippen LogP contribution in [0.2, 0.25) is 0 Å². The Balaban J connectivity index is 1.74. The third-order valence-electron chi connectivity index (χ3n) is 3.51. The summed E-state index contributed by atoms with van der Waals surface area (Å²) >= 11 is 1.73. The van der Waals surface area contributed by atoms with Crippen molar-refractivity contribution in [3.8, 4) is 16.3 Å². The van der Waals surface area contributed by atoms with Crippen LogP contribution in [0.25, 0.3) is 26.5 Å². The average molecular weight is 291 g/mol. The minimum absolute atomic E-state index is 1.06. The van der Waals surface area contributed by atoms with E-state index in [0.29, 0.717) is 0 Å². The van der Waals surface area contributed by atoms with E-state index in [4.69, 9.17) is 4.98 Å². The first-order valence-electron chi connectivity index (χ1n) is 6.76. The van der Waals surface area contributed by atoms with Crippen molar-refractivity contribution in [1.29, 1.82) is 0 Å². The van der Waals surface area contributed by atoms with E-state index in [2.05, 4.69) is 58.9 Å². The van der Waals surface area contributed by atoms with E-state index in [9.17, 15) is 0 Å².